The summed E-state index contributed by atoms with van der Waals surface area (Å²) in [7, 11) is 0. The Labute approximate surface area is 90.9 Å². The molecule has 1 aromatic rings. The molecule has 0 amide bonds. The fourth-order valence-corrected chi connectivity index (χ4v) is 1.52. The van der Waals surface area contributed by atoms with Crippen molar-refractivity contribution in [2.45, 2.75) is 33.1 Å². The maximum absolute atomic E-state index is 5.48. The van der Waals surface area contributed by atoms with Gasteiger partial charge in [0.25, 0.3) is 0 Å². The lowest BCUT2D eigenvalue weighted by Crippen LogP contribution is -1.86. The zero-order chi connectivity index (χ0) is 9.94. The van der Waals surface area contributed by atoms with E-state index in [0.717, 1.165) is 11.8 Å². The molecule has 0 saturated carbocycles. The van der Waals surface area contributed by atoms with E-state index in [9.17, 15) is 0 Å². The van der Waals surface area contributed by atoms with Crippen LogP contribution in [0.2, 0.25) is 0 Å². The molecule has 0 radical (unpaired) electrons. The van der Waals surface area contributed by atoms with Crippen LogP contribution in [0, 0.1) is 5.92 Å². The summed E-state index contributed by atoms with van der Waals surface area (Å²) in [6, 6.07) is 4.04. The third kappa shape index (κ3) is 12.0. The second kappa shape index (κ2) is 10.1. The van der Waals surface area contributed by atoms with Crippen molar-refractivity contribution in [2.75, 3.05) is 5.88 Å². The third-order valence-electron chi connectivity index (χ3n) is 1.59. The van der Waals surface area contributed by atoms with Crippen LogP contribution in [0.3, 0.4) is 0 Å². The first-order chi connectivity index (χ1) is 6.27. The van der Waals surface area contributed by atoms with Crippen molar-refractivity contribution >= 4 is 22.9 Å². The van der Waals surface area contributed by atoms with Crippen molar-refractivity contribution in [3.8, 4) is 0 Å². The van der Waals surface area contributed by atoms with Crippen molar-refractivity contribution in [3.05, 3.63) is 22.9 Å². The fourth-order valence-electron chi connectivity index (χ4n) is 0.874. The first-order valence-corrected chi connectivity index (χ1v) is 6.28. The summed E-state index contributed by atoms with van der Waals surface area (Å²) in [6.45, 7) is 4.49. The van der Waals surface area contributed by atoms with Crippen molar-refractivity contribution in [3.63, 3.8) is 0 Å². The third-order valence-corrected chi connectivity index (χ3v) is 2.49. The smallest absolute Gasteiger partial charge is 0.0223 e. The lowest BCUT2D eigenvalue weighted by Gasteiger charge is -2.00. The molecule has 0 atom stereocenters. The van der Waals surface area contributed by atoms with Crippen molar-refractivity contribution in [2.24, 2.45) is 5.92 Å². The zero-order valence-electron chi connectivity index (χ0n) is 8.50. The summed E-state index contributed by atoms with van der Waals surface area (Å²) in [5.41, 5.74) is 0. The Morgan fingerprint density at radius 1 is 1.15 bits per heavy atom. The van der Waals surface area contributed by atoms with Gasteiger partial charge in [0.05, 0.1) is 0 Å². The first kappa shape index (κ1) is 13.0. The Bertz CT molecular complexity index is 141. The summed E-state index contributed by atoms with van der Waals surface area (Å²) < 4.78 is 0. The maximum Gasteiger partial charge on any atom is 0.0223 e. The van der Waals surface area contributed by atoms with Crippen molar-refractivity contribution in [1.82, 2.24) is 0 Å². The van der Waals surface area contributed by atoms with Crippen LogP contribution in [0.25, 0.3) is 0 Å². The van der Waals surface area contributed by atoms with Crippen LogP contribution < -0.4 is 0 Å². The molecule has 0 aliphatic heterocycles. The molecule has 0 aliphatic rings. The number of unbranched alkanes of at least 4 members (excludes halogenated alkanes) is 1. The summed E-state index contributed by atoms with van der Waals surface area (Å²) >= 11 is 7.20. The van der Waals surface area contributed by atoms with E-state index in [4.69, 9.17) is 11.6 Å². The number of hydrogen-bond acceptors (Lipinski definition) is 1. The van der Waals surface area contributed by atoms with Crippen LogP contribution in [0.4, 0.5) is 0 Å². The molecule has 76 valence electrons. The van der Waals surface area contributed by atoms with E-state index >= 15 is 0 Å². The average molecular weight is 219 g/mol. The van der Waals surface area contributed by atoms with E-state index in [0.29, 0.717) is 0 Å². The van der Waals surface area contributed by atoms with Gasteiger partial charge in [-0.05, 0) is 23.1 Å². The van der Waals surface area contributed by atoms with Crippen LogP contribution >= 0.6 is 22.9 Å². The number of rotatable bonds is 4. The molecule has 2 heteroatoms. The van der Waals surface area contributed by atoms with E-state index < -0.39 is 0 Å². The highest BCUT2D eigenvalue weighted by Crippen LogP contribution is 2.05. The molecule has 1 heterocycles. The molecule has 1 rings (SSSR count). The number of hydrogen-bond donors (Lipinski definition) is 0. The second-order valence-corrected chi connectivity index (χ2v) is 4.57. The molecule has 0 nitrogen and oxygen atoms in total. The van der Waals surface area contributed by atoms with E-state index in [-0.39, 0.29) is 0 Å². The highest BCUT2D eigenvalue weighted by Gasteiger charge is 1.91. The molecule has 0 aromatic carbocycles. The van der Waals surface area contributed by atoms with Gasteiger partial charge in [-0.15, -0.1) is 11.6 Å². The molecule has 0 saturated heterocycles. The predicted molar refractivity (Wildman–Crippen MR) is 63.7 cm³/mol. The van der Waals surface area contributed by atoms with Gasteiger partial charge >= 0.3 is 0 Å². The van der Waals surface area contributed by atoms with Gasteiger partial charge in [-0.3, -0.25) is 0 Å². The van der Waals surface area contributed by atoms with E-state index in [1.165, 1.54) is 19.3 Å². The molecule has 1 aromatic heterocycles. The van der Waals surface area contributed by atoms with Crippen molar-refractivity contribution in [1.29, 1.82) is 0 Å². The minimum absolute atomic E-state index is 0.826. The molecule has 0 bridgehead atoms. The van der Waals surface area contributed by atoms with Gasteiger partial charge in [-0.2, -0.15) is 11.3 Å². The standard InChI is InChI=1S/C7H15Cl.C4H4S/c1-7(2)5-3-4-6-8;1-2-4-5-3-1/h7H,3-6H2,1-2H3;1-4H. The Hall–Kier alpha value is -0.0100. The minimum Gasteiger partial charge on any atom is -0.152 e. The van der Waals surface area contributed by atoms with Gasteiger partial charge in [-0.1, -0.05) is 38.8 Å². The van der Waals surface area contributed by atoms with Gasteiger partial charge in [0.15, 0.2) is 0 Å². The Kier molecular flexibility index (Phi) is 10.1. The average Bonchev–Trinajstić information content (AvgIpc) is 2.61. The Balaban J connectivity index is 0.000000243. The van der Waals surface area contributed by atoms with E-state index in [1.807, 2.05) is 22.9 Å². The SMILES string of the molecule is CC(C)CCCCCl.c1ccsc1. The topological polar surface area (TPSA) is 0 Å². The molecule has 0 N–H and O–H groups in total. The van der Waals surface area contributed by atoms with E-state index in [1.54, 1.807) is 11.3 Å². The lowest BCUT2D eigenvalue weighted by molar-refractivity contribution is 0.551. The van der Waals surface area contributed by atoms with Gasteiger partial charge < -0.3 is 0 Å². The largest absolute Gasteiger partial charge is 0.152 e. The van der Waals surface area contributed by atoms with Gasteiger partial charge in [0.2, 0.25) is 0 Å². The Morgan fingerprint density at radius 2 is 1.77 bits per heavy atom. The van der Waals surface area contributed by atoms with Gasteiger partial charge in [0, 0.05) is 5.88 Å². The second-order valence-electron chi connectivity index (χ2n) is 3.37. The first-order valence-electron chi connectivity index (χ1n) is 4.80. The quantitative estimate of drug-likeness (QED) is 0.503. The molecular formula is C11H19ClS. The molecule has 0 aliphatic carbocycles. The maximum atomic E-state index is 5.48. The van der Waals surface area contributed by atoms with Crippen LogP contribution in [-0.2, 0) is 0 Å². The van der Waals surface area contributed by atoms with Gasteiger partial charge in [0.1, 0.15) is 0 Å². The Morgan fingerprint density at radius 3 is 2.08 bits per heavy atom. The summed E-state index contributed by atoms with van der Waals surface area (Å²) in [4.78, 5) is 0. The van der Waals surface area contributed by atoms with E-state index in [2.05, 4.69) is 13.8 Å². The fraction of sp³-hybridized carbons (Fsp3) is 0.636. The summed E-state index contributed by atoms with van der Waals surface area (Å²) in [5.74, 6) is 1.67. The van der Waals surface area contributed by atoms with Gasteiger partial charge in [-0.25, -0.2) is 0 Å². The van der Waals surface area contributed by atoms with Crippen LogP contribution in [0.15, 0.2) is 22.9 Å². The monoisotopic (exact) mass is 218 g/mol. The lowest BCUT2D eigenvalue weighted by atomic mass is 10.1. The predicted octanol–water partition coefficient (Wildman–Crippen LogP) is 4.80. The number of halogens is 1. The van der Waals surface area contributed by atoms with Crippen molar-refractivity contribution < 1.29 is 0 Å². The molecule has 0 fully saturated rings. The highest BCUT2D eigenvalue weighted by atomic mass is 35.5. The summed E-state index contributed by atoms with van der Waals surface area (Å²) in [6.07, 6.45) is 3.80. The highest BCUT2D eigenvalue weighted by molar-refractivity contribution is 7.07. The normalized spacial score (nSPS) is 9.54. The zero-order valence-corrected chi connectivity index (χ0v) is 10.1. The minimum atomic E-state index is 0.826. The van der Waals surface area contributed by atoms with Crippen LogP contribution in [0.5, 0.6) is 0 Å². The molecular weight excluding hydrogens is 200 g/mol. The molecule has 13 heavy (non-hydrogen) atoms. The van der Waals surface area contributed by atoms with Crippen LogP contribution in [0.1, 0.15) is 33.1 Å². The molecule has 0 spiro atoms. The van der Waals surface area contributed by atoms with Crippen LogP contribution in [-0.4, -0.2) is 5.88 Å². The molecule has 0 unspecified atom stereocenters. The number of alkyl halides is 1. The summed E-state index contributed by atoms with van der Waals surface area (Å²) in [5, 5.41) is 4.08. The number of thiophene rings is 1.